The second-order valence-electron chi connectivity index (χ2n) is 6.32. The van der Waals surface area contributed by atoms with Gasteiger partial charge in [-0.1, -0.05) is 0 Å². The van der Waals surface area contributed by atoms with Crippen LogP contribution < -0.4 is 16.5 Å². The van der Waals surface area contributed by atoms with Gasteiger partial charge in [-0.2, -0.15) is 13.5 Å². The largest absolute Gasteiger partial charge is 0.418 e. The first-order chi connectivity index (χ1) is 12.2. The number of rotatable bonds is 6. The van der Waals surface area contributed by atoms with Crippen molar-refractivity contribution in [1.29, 1.82) is 0 Å². The first kappa shape index (κ1) is 18.8. The van der Waals surface area contributed by atoms with Crippen molar-refractivity contribution < 1.29 is 36.5 Å². The molecule has 0 spiro atoms. The normalized spacial score (nSPS) is 31.3. The minimum atomic E-state index is -4.84. The van der Waals surface area contributed by atoms with Crippen LogP contribution in [0.15, 0.2) is 0 Å². The summed E-state index contributed by atoms with van der Waals surface area (Å²) >= 11 is 0. The molecule has 5 N–H and O–H groups in total. The molecule has 0 aromatic rings. The van der Waals surface area contributed by atoms with Gasteiger partial charge >= 0.3 is 16.4 Å². The van der Waals surface area contributed by atoms with Crippen LogP contribution in [-0.2, 0) is 29.1 Å². The third-order valence-corrected chi connectivity index (χ3v) is 4.91. The molecular formula is C12H19N5O8S. The third kappa shape index (κ3) is 3.88. The number of carbonyl (C=O) groups excluding carboxylic acids is 3. The first-order valence-corrected chi connectivity index (χ1v) is 9.27. The van der Waals surface area contributed by atoms with E-state index in [4.69, 9.17) is 15.1 Å². The number of urea groups is 1. The van der Waals surface area contributed by atoms with Crippen LogP contribution >= 0.6 is 0 Å². The number of amides is 4. The maximum absolute atomic E-state index is 12.3. The summed E-state index contributed by atoms with van der Waals surface area (Å²) in [6, 6.07) is -2.81. The van der Waals surface area contributed by atoms with Gasteiger partial charge in [-0.05, 0) is 12.8 Å². The molecule has 26 heavy (non-hydrogen) atoms. The van der Waals surface area contributed by atoms with E-state index in [2.05, 4.69) is 15.1 Å². The average molecular weight is 393 g/mol. The number of hydroxylamine groups is 3. The van der Waals surface area contributed by atoms with E-state index in [1.54, 1.807) is 0 Å². The van der Waals surface area contributed by atoms with E-state index in [0.29, 0.717) is 24.4 Å². The second kappa shape index (κ2) is 6.96. The quantitative estimate of drug-likeness (QED) is 0.275. The van der Waals surface area contributed by atoms with E-state index >= 15 is 0 Å². The summed E-state index contributed by atoms with van der Waals surface area (Å²) in [5.41, 5.74) is 7.45. The number of hydrogen-bond acceptors (Lipinski definition) is 8. The molecule has 0 radical (unpaired) electrons. The molecular weight excluding hydrogens is 374 g/mol. The lowest BCUT2D eigenvalue weighted by Crippen LogP contribution is -2.50. The Labute approximate surface area is 148 Å². The highest BCUT2D eigenvalue weighted by molar-refractivity contribution is 7.80. The highest BCUT2D eigenvalue weighted by Gasteiger charge is 2.49. The minimum Gasteiger partial charge on any atom is -0.368 e. The molecule has 3 unspecified atom stereocenters. The standard InChI is InChI=1S/C12H19N5O8S/c13-10(18)8-3-7(4-14-8)24-15-11(19)9-2-1-6-5-16(9)12(20)17(6)25-26(21,22)23/h6-9,14H,1-5H2,(H2,13,18)(H,15,19)(H,21,22,23)/t6?,7?,8?,9-/m0/s1. The van der Waals surface area contributed by atoms with Crippen LogP contribution in [0.3, 0.4) is 0 Å². The summed E-state index contributed by atoms with van der Waals surface area (Å²) in [7, 11) is -4.84. The Bertz CT molecular complexity index is 714. The Hall–Kier alpha value is -2.00. The van der Waals surface area contributed by atoms with E-state index in [-0.39, 0.29) is 13.0 Å². The summed E-state index contributed by atoms with van der Waals surface area (Å²) in [5.74, 6) is -1.09. The molecule has 0 aromatic heterocycles. The molecule has 0 aliphatic carbocycles. The van der Waals surface area contributed by atoms with Crippen LogP contribution in [0.5, 0.6) is 0 Å². The van der Waals surface area contributed by atoms with Gasteiger partial charge in [0, 0.05) is 19.5 Å². The topological polar surface area (TPSA) is 181 Å². The van der Waals surface area contributed by atoms with Crippen molar-refractivity contribution >= 4 is 28.2 Å². The number of nitrogens with zero attached hydrogens (tertiary/aromatic N) is 2. The molecule has 13 nitrogen and oxygen atoms in total. The molecule has 4 atom stereocenters. The minimum absolute atomic E-state index is 0.0845. The first-order valence-electron chi connectivity index (χ1n) is 7.90. The fourth-order valence-electron chi connectivity index (χ4n) is 3.32. The summed E-state index contributed by atoms with van der Waals surface area (Å²) in [5, 5.41) is 3.41. The van der Waals surface area contributed by atoms with Crippen molar-refractivity contribution in [3.8, 4) is 0 Å². The molecule has 2 bridgehead atoms. The Balaban J connectivity index is 1.55. The van der Waals surface area contributed by atoms with E-state index in [1.165, 1.54) is 0 Å². The van der Waals surface area contributed by atoms with Crippen LogP contribution in [0, 0.1) is 0 Å². The second-order valence-corrected chi connectivity index (χ2v) is 7.32. The number of nitrogens with two attached hydrogens (primary N) is 1. The smallest absolute Gasteiger partial charge is 0.368 e. The van der Waals surface area contributed by atoms with Gasteiger partial charge in [-0.15, -0.1) is 4.28 Å². The van der Waals surface area contributed by atoms with Gasteiger partial charge in [0.25, 0.3) is 5.91 Å². The number of fused-ring (bicyclic) bond motifs is 2. The van der Waals surface area contributed by atoms with Crippen molar-refractivity contribution in [3.63, 3.8) is 0 Å². The van der Waals surface area contributed by atoms with Crippen LogP contribution in [0.4, 0.5) is 4.79 Å². The summed E-state index contributed by atoms with van der Waals surface area (Å²) < 4.78 is 34.7. The van der Waals surface area contributed by atoms with E-state index in [1.807, 2.05) is 0 Å². The Morgan fingerprint density at radius 1 is 1.35 bits per heavy atom. The van der Waals surface area contributed by atoms with Crippen LogP contribution in [0.25, 0.3) is 0 Å². The van der Waals surface area contributed by atoms with Gasteiger partial charge < -0.3 is 16.0 Å². The molecule has 14 heteroatoms. The van der Waals surface area contributed by atoms with Crippen molar-refractivity contribution in [2.24, 2.45) is 5.73 Å². The van der Waals surface area contributed by atoms with Crippen LogP contribution in [0.1, 0.15) is 19.3 Å². The molecule has 0 saturated carbocycles. The van der Waals surface area contributed by atoms with E-state index in [9.17, 15) is 22.8 Å². The lowest BCUT2D eigenvalue weighted by Gasteiger charge is -2.29. The Morgan fingerprint density at radius 3 is 2.69 bits per heavy atom. The molecule has 3 heterocycles. The molecule has 3 aliphatic rings. The summed E-state index contributed by atoms with van der Waals surface area (Å²) in [6.07, 6.45) is 0.441. The van der Waals surface area contributed by atoms with Crippen LogP contribution in [-0.4, -0.2) is 78.1 Å². The van der Waals surface area contributed by atoms with Crippen molar-refractivity contribution in [2.75, 3.05) is 13.1 Å². The fraction of sp³-hybridized carbons (Fsp3) is 0.750. The predicted molar refractivity (Wildman–Crippen MR) is 82.0 cm³/mol. The number of piperidine rings is 1. The zero-order valence-electron chi connectivity index (χ0n) is 13.5. The van der Waals surface area contributed by atoms with E-state index in [0.717, 1.165) is 4.90 Å². The number of hydrogen-bond donors (Lipinski definition) is 4. The predicted octanol–water partition coefficient (Wildman–Crippen LogP) is -2.75. The molecule has 146 valence electrons. The lowest BCUT2D eigenvalue weighted by atomic mass is 10.0. The number of primary amides is 1. The van der Waals surface area contributed by atoms with Gasteiger partial charge in [0.05, 0.1) is 18.2 Å². The van der Waals surface area contributed by atoms with Gasteiger partial charge in [0.1, 0.15) is 6.04 Å². The average Bonchev–Trinajstić information content (AvgIpc) is 3.12. The van der Waals surface area contributed by atoms with Crippen molar-refractivity contribution in [2.45, 2.75) is 43.5 Å². The SMILES string of the molecule is NC(=O)C1CC(ONC(=O)[C@@H]2CCC3CN2C(=O)N3OS(=O)(=O)O)CN1. The molecule has 0 aromatic carbocycles. The third-order valence-electron chi connectivity index (χ3n) is 4.56. The summed E-state index contributed by atoms with van der Waals surface area (Å²) in [6.45, 7) is 0.417. The van der Waals surface area contributed by atoms with Gasteiger partial charge in [-0.3, -0.25) is 19.0 Å². The molecule has 3 rings (SSSR count). The Morgan fingerprint density at radius 2 is 2.08 bits per heavy atom. The van der Waals surface area contributed by atoms with Gasteiger partial charge in [-0.25, -0.2) is 10.3 Å². The van der Waals surface area contributed by atoms with Crippen molar-refractivity contribution in [1.82, 2.24) is 20.8 Å². The zero-order valence-corrected chi connectivity index (χ0v) is 14.3. The van der Waals surface area contributed by atoms with Crippen LogP contribution in [0.2, 0.25) is 0 Å². The fourth-order valence-corrected chi connectivity index (χ4v) is 3.71. The zero-order chi connectivity index (χ0) is 19.1. The maximum Gasteiger partial charge on any atom is 0.418 e. The molecule has 3 aliphatic heterocycles. The number of carbonyl (C=O) groups is 3. The monoisotopic (exact) mass is 393 g/mol. The maximum atomic E-state index is 12.3. The lowest BCUT2D eigenvalue weighted by molar-refractivity contribution is -0.143. The van der Waals surface area contributed by atoms with Gasteiger partial charge in [0.2, 0.25) is 5.91 Å². The van der Waals surface area contributed by atoms with Crippen molar-refractivity contribution in [3.05, 3.63) is 0 Å². The van der Waals surface area contributed by atoms with Gasteiger partial charge in [0.15, 0.2) is 0 Å². The number of nitrogens with one attached hydrogen (secondary N) is 2. The highest BCUT2D eigenvalue weighted by atomic mass is 32.3. The van der Waals surface area contributed by atoms with E-state index < -0.39 is 52.5 Å². The Kier molecular flexibility index (Phi) is 5.03. The molecule has 3 fully saturated rings. The molecule has 3 saturated heterocycles. The highest BCUT2D eigenvalue weighted by Crippen LogP contribution is 2.30. The summed E-state index contributed by atoms with van der Waals surface area (Å²) in [4.78, 5) is 42.0. The molecule has 4 amide bonds.